The van der Waals surface area contributed by atoms with Gasteiger partial charge in [0.25, 0.3) is 0 Å². The third-order valence-electron chi connectivity index (χ3n) is 3.77. The van der Waals surface area contributed by atoms with Crippen LogP contribution in [0.25, 0.3) is 0 Å². The minimum atomic E-state index is 0.0534. The van der Waals surface area contributed by atoms with Crippen molar-refractivity contribution in [2.45, 2.75) is 45.4 Å². The van der Waals surface area contributed by atoms with Gasteiger partial charge in [-0.25, -0.2) is 5.43 Å². The van der Waals surface area contributed by atoms with Gasteiger partial charge in [0, 0.05) is 10.9 Å². The van der Waals surface area contributed by atoms with E-state index in [9.17, 15) is 4.79 Å². The van der Waals surface area contributed by atoms with E-state index >= 15 is 0 Å². The molecule has 1 saturated carbocycles. The van der Waals surface area contributed by atoms with Gasteiger partial charge in [-0.3, -0.25) is 4.79 Å². The van der Waals surface area contributed by atoms with Crippen LogP contribution in [0, 0.1) is 5.92 Å². The second kappa shape index (κ2) is 7.44. The van der Waals surface area contributed by atoms with Crippen LogP contribution in [-0.2, 0) is 4.79 Å². The summed E-state index contributed by atoms with van der Waals surface area (Å²) in [5.41, 5.74) is 4.55. The van der Waals surface area contributed by atoms with E-state index in [0.29, 0.717) is 5.02 Å². The minimum absolute atomic E-state index is 0.0534. The molecule has 0 unspecified atom stereocenters. The molecule has 1 aliphatic rings. The van der Waals surface area contributed by atoms with Crippen molar-refractivity contribution in [2.24, 2.45) is 11.0 Å². The number of rotatable bonds is 4. The Bertz CT molecular complexity index is 493. The molecule has 1 amide bonds. The molecule has 1 aliphatic carbocycles. The summed E-state index contributed by atoms with van der Waals surface area (Å²) in [6.45, 7) is 2.02. The van der Waals surface area contributed by atoms with Gasteiger partial charge in [-0.1, -0.05) is 49.9 Å². The lowest BCUT2D eigenvalue weighted by Crippen LogP contribution is -2.29. The lowest BCUT2D eigenvalue weighted by Gasteiger charge is -2.19. The summed E-state index contributed by atoms with van der Waals surface area (Å²) in [5.74, 6) is 0.183. The fourth-order valence-electron chi connectivity index (χ4n) is 2.59. The van der Waals surface area contributed by atoms with Crippen LogP contribution in [0.1, 0.15) is 51.0 Å². The SMILES string of the molecule is CC/C(=N\NC(=O)C1CCCCC1)c1cccc(Cl)c1. The number of carbonyl (C=O) groups excluding carboxylic acids is 1. The van der Waals surface area contributed by atoms with Crippen LogP contribution >= 0.6 is 11.6 Å². The lowest BCUT2D eigenvalue weighted by molar-refractivity contribution is -0.125. The molecule has 2 rings (SSSR count). The molecule has 0 aromatic heterocycles. The number of amides is 1. The minimum Gasteiger partial charge on any atom is -0.273 e. The molecule has 3 nitrogen and oxygen atoms in total. The highest BCUT2D eigenvalue weighted by atomic mass is 35.5. The third kappa shape index (κ3) is 4.07. The van der Waals surface area contributed by atoms with Crippen LogP contribution in [0.4, 0.5) is 0 Å². The first-order chi connectivity index (χ1) is 9.70. The quantitative estimate of drug-likeness (QED) is 0.657. The second-order valence-corrected chi connectivity index (χ2v) is 5.67. The van der Waals surface area contributed by atoms with Gasteiger partial charge in [0.15, 0.2) is 0 Å². The number of halogens is 1. The molecular weight excluding hydrogens is 272 g/mol. The summed E-state index contributed by atoms with van der Waals surface area (Å²) in [7, 11) is 0. The average Bonchev–Trinajstić information content (AvgIpc) is 2.48. The Kier molecular flexibility index (Phi) is 5.60. The molecule has 0 radical (unpaired) electrons. The van der Waals surface area contributed by atoms with E-state index in [4.69, 9.17) is 11.6 Å². The molecular formula is C16H21ClN2O. The van der Waals surface area contributed by atoms with Crippen molar-refractivity contribution in [3.8, 4) is 0 Å². The summed E-state index contributed by atoms with van der Waals surface area (Å²) < 4.78 is 0. The molecule has 0 heterocycles. The van der Waals surface area contributed by atoms with Crippen LogP contribution in [0.5, 0.6) is 0 Å². The fourth-order valence-corrected chi connectivity index (χ4v) is 2.78. The Morgan fingerprint density at radius 1 is 1.35 bits per heavy atom. The predicted octanol–water partition coefficient (Wildman–Crippen LogP) is 4.15. The summed E-state index contributed by atoms with van der Waals surface area (Å²) in [6, 6.07) is 7.56. The second-order valence-electron chi connectivity index (χ2n) is 5.23. The first kappa shape index (κ1) is 15.0. The summed E-state index contributed by atoms with van der Waals surface area (Å²) in [5, 5.41) is 4.97. The highest BCUT2D eigenvalue weighted by molar-refractivity contribution is 6.31. The lowest BCUT2D eigenvalue weighted by atomic mass is 9.89. The van der Waals surface area contributed by atoms with Crippen molar-refractivity contribution in [3.63, 3.8) is 0 Å². The van der Waals surface area contributed by atoms with Crippen molar-refractivity contribution in [2.75, 3.05) is 0 Å². The highest BCUT2D eigenvalue weighted by Gasteiger charge is 2.20. The van der Waals surface area contributed by atoms with Gasteiger partial charge in [-0.15, -0.1) is 0 Å². The number of nitrogens with zero attached hydrogens (tertiary/aromatic N) is 1. The van der Waals surface area contributed by atoms with Crippen LogP contribution < -0.4 is 5.43 Å². The molecule has 0 spiro atoms. The Labute approximate surface area is 125 Å². The van der Waals surface area contributed by atoms with Gasteiger partial charge in [0.1, 0.15) is 0 Å². The molecule has 0 saturated heterocycles. The van der Waals surface area contributed by atoms with Gasteiger partial charge in [-0.2, -0.15) is 5.10 Å². The van der Waals surface area contributed by atoms with Crippen molar-refractivity contribution in [1.29, 1.82) is 0 Å². The van der Waals surface area contributed by atoms with E-state index in [1.54, 1.807) is 0 Å². The topological polar surface area (TPSA) is 41.5 Å². The molecule has 108 valence electrons. The Hall–Kier alpha value is -1.35. The van der Waals surface area contributed by atoms with Crippen LogP contribution in [-0.4, -0.2) is 11.6 Å². The van der Waals surface area contributed by atoms with E-state index in [-0.39, 0.29) is 11.8 Å². The number of hydrogen-bond acceptors (Lipinski definition) is 2. The maximum atomic E-state index is 12.1. The molecule has 20 heavy (non-hydrogen) atoms. The Balaban J connectivity index is 2.02. The third-order valence-corrected chi connectivity index (χ3v) is 4.00. The first-order valence-corrected chi connectivity index (χ1v) is 7.71. The molecule has 1 aromatic carbocycles. The fraction of sp³-hybridized carbons (Fsp3) is 0.500. The van der Waals surface area contributed by atoms with Gasteiger partial charge in [0.2, 0.25) is 5.91 Å². The number of benzene rings is 1. The van der Waals surface area contributed by atoms with E-state index in [1.807, 2.05) is 31.2 Å². The maximum Gasteiger partial charge on any atom is 0.243 e. The average molecular weight is 293 g/mol. The number of carbonyl (C=O) groups is 1. The van der Waals surface area contributed by atoms with E-state index in [1.165, 1.54) is 6.42 Å². The zero-order valence-electron chi connectivity index (χ0n) is 11.9. The molecule has 0 atom stereocenters. The zero-order valence-corrected chi connectivity index (χ0v) is 12.6. The van der Waals surface area contributed by atoms with E-state index in [2.05, 4.69) is 10.5 Å². The van der Waals surface area contributed by atoms with Gasteiger partial charge < -0.3 is 0 Å². The largest absolute Gasteiger partial charge is 0.273 e. The monoisotopic (exact) mass is 292 g/mol. The number of hydrazone groups is 1. The first-order valence-electron chi connectivity index (χ1n) is 7.33. The van der Waals surface area contributed by atoms with Gasteiger partial charge >= 0.3 is 0 Å². The summed E-state index contributed by atoms with van der Waals surface area (Å²) >= 11 is 5.99. The van der Waals surface area contributed by atoms with Crippen molar-refractivity contribution in [3.05, 3.63) is 34.9 Å². The van der Waals surface area contributed by atoms with Crippen LogP contribution in [0.15, 0.2) is 29.4 Å². The van der Waals surface area contributed by atoms with Crippen molar-refractivity contribution in [1.82, 2.24) is 5.43 Å². The Morgan fingerprint density at radius 2 is 2.10 bits per heavy atom. The predicted molar refractivity (Wildman–Crippen MR) is 83.0 cm³/mol. The standard InChI is InChI=1S/C16H21ClN2O/c1-2-15(13-9-6-10-14(17)11-13)18-19-16(20)12-7-4-3-5-8-12/h6,9-12H,2-5,7-8H2,1H3,(H,19,20)/b18-15+. The molecule has 4 heteroatoms. The normalized spacial score (nSPS) is 17.0. The number of hydrogen-bond donors (Lipinski definition) is 1. The Morgan fingerprint density at radius 3 is 2.75 bits per heavy atom. The molecule has 0 aliphatic heterocycles. The van der Waals surface area contributed by atoms with E-state index < -0.39 is 0 Å². The molecule has 1 fully saturated rings. The number of nitrogens with one attached hydrogen (secondary N) is 1. The smallest absolute Gasteiger partial charge is 0.243 e. The summed E-state index contributed by atoms with van der Waals surface area (Å²) in [6.07, 6.45) is 6.27. The van der Waals surface area contributed by atoms with Gasteiger partial charge in [-0.05, 0) is 37.0 Å². The molecule has 1 N–H and O–H groups in total. The van der Waals surface area contributed by atoms with Crippen LogP contribution in [0.2, 0.25) is 5.02 Å². The van der Waals surface area contributed by atoms with Crippen LogP contribution in [0.3, 0.4) is 0 Å². The molecule has 0 bridgehead atoms. The van der Waals surface area contributed by atoms with Crippen molar-refractivity contribution < 1.29 is 4.79 Å². The van der Waals surface area contributed by atoms with Crippen molar-refractivity contribution >= 4 is 23.2 Å². The molecule has 1 aromatic rings. The van der Waals surface area contributed by atoms with Gasteiger partial charge in [0.05, 0.1) is 5.71 Å². The highest BCUT2D eigenvalue weighted by Crippen LogP contribution is 2.23. The van der Waals surface area contributed by atoms with E-state index in [0.717, 1.165) is 43.4 Å². The summed E-state index contributed by atoms with van der Waals surface area (Å²) in [4.78, 5) is 12.1. The zero-order chi connectivity index (χ0) is 14.4. The maximum absolute atomic E-state index is 12.1.